The summed E-state index contributed by atoms with van der Waals surface area (Å²) in [5.41, 5.74) is 1.25. The number of ketones is 1. The summed E-state index contributed by atoms with van der Waals surface area (Å²) >= 11 is 0. The van der Waals surface area contributed by atoms with Crippen LogP contribution in [0.5, 0.6) is 0 Å². The van der Waals surface area contributed by atoms with Crippen LogP contribution in [0.1, 0.15) is 20.3 Å². The molecule has 0 N–H and O–H groups in total. The fourth-order valence-electron chi connectivity index (χ4n) is 1.21. The summed E-state index contributed by atoms with van der Waals surface area (Å²) in [5.74, 6) is 0.245. The Balaban J connectivity index is 2.43. The third-order valence-corrected chi connectivity index (χ3v) is 1.75. The zero-order chi connectivity index (χ0) is 7.56. The number of rotatable bonds is 2. The maximum absolute atomic E-state index is 10.7. The van der Waals surface area contributed by atoms with Gasteiger partial charge in [0.2, 0.25) is 0 Å². The fraction of sp³-hybridized carbons (Fsp3) is 0.625. The molecule has 0 saturated heterocycles. The smallest absolute Gasteiger partial charge is 0.149 e. The quantitative estimate of drug-likeness (QED) is 0.572. The van der Waals surface area contributed by atoms with Gasteiger partial charge in [0.25, 0.3) is 0 Å². The summed E-state index contributed by atoms with van der Waals surface area (Å²) in [6.45, 7) is 5.29. The van der Waals surface area contributed by atoms with Gasteiger partial charge in [-0.15, -0.1) is 0 Å². The van der Waals surface area contributed by atoms with Crippen LogP contribution in [0.25, 0.3) is 0 Å². The van der Waals surface area contributed by atoms with Gasteiger partial charge in [-0.2, -0.15) is 0 Å². The number of allylic oxidation sites excluding steroid dienone is 1. The van der Waals surface area contributed by atoms with Crippen molar-refractivity contribution in [2.24, 2.45) is 0 Å². The first-order valence-corrected chi connectivity index (χ1v) is 3.61. The average molecular weight is 139 g/mol. The number of Topliss-reactive ketones (excluding diaryl/α,β-unsaturated/α-hetero) is 1. The lowest BCUT2D eigenvalue weighted by Crippen LogP contribution is -2.24. The lowest BCUT2D eigenvalue weighted by molar-refractivity contribution is -0.117. The Kier molecular flexibility index (Phi) is 2.10. The van der Waals surface area contributed by atoms with E-state index in [1.54, 1.807) is 6.92 Å². The minimum atomic E-state index is 0.245. The predicted octanol–water partition coefficient (Wildman–Crippen LogP) is 1.18. The van der Waals surface area contributed by atoms with Crippen molar-refractivity contribution in [3.05, 3.63) is 11.8 Å². The van der Waals surface area contributed by atoms with E-state index in [0.717, 1.165) is 13.0 Å². The van der Waals surface area contributed by atoms with Gasteiger partial charge in [0.05, 0.1) is 6.54 Å². The number of nitrogens with zero attached hydrogens (tertiary/aromatic N) is 1. The second-order valence-corrected chi connectivity index (χ2v) is 2.76. The number of carbonyl (C=O) groups excluding carboxylic acids is 1. The first-order valence-electron chi connectivity index (χ1n) is 3.61. The van der Waals surface area contributed by atoms with E-state index >= 15 is 0 Å². The molecule has 2 heteroatoms. The molecule has 1 aliphatic heterocycles. The number of carbonyl (C=O) groups is 1. The van der Waals surface area contributed by atoms with Crippen LogP contribution in [0.2, 0.25) is 0 Å². The zero-order valence-electron chi connectivity index (χ0n) is 6.55. The largest absolute Gasteiger partial charge is 0.368 e. The molecule has 10 heavy (non-hydrogen) atoms. The van der Waals surface area contributed by atoms with Crippen LogP contribution >= 0.6 is 0 Å². The van der Waals surface area contributed by atoms with Gasteiger partial charge >= 0.3 is 0 Å². The molecule has 0 aromatic heterocycles. The molecule has 1 heterocycles. The first kappa shape index (κ1) is 7.32. The minimum absolute atomic E-state index is 0.245. The zero-order valence-corrected chi connectivity index (χ0v) is 6.55. The highest BCUT2D eigenvalue weighted by molar-refractivity contribution is 5.77. The second kappa shape index (κ2) is 2.86. The first-order chi connectivity index (χ1) is 4.70. The van der Waals surface area contributed by atoms with Crippen molar-refractivity contribution >= 4 is 5.78 Å². The molecular weight excluding hydrogens is 126 g/mol. The van der Waals surface area contributed by atoms with Crippen LogP contribution in [0.3, 0.4) is 0 Å². The summed E-state index contributed by atoms with van der Waals surface area (Å²) in [7, 11) is 0. The Morgan fingerprint density at radius 3 is 2.90 bits per heavy atom. The number of hydrogen-bond donors (Lipinski definition) is 0. The highest BCUT2D eigenvalue weighted by Crippen LogP contribution is 2.12. The molecule has 0 aromatic rings. The van der Waals surface area contributed by atoms with Crippen LogP contribution in [0.4, 0.5) is 0 Å². The maximum atomic E-state index is 10.7. The van der Waals surface area contributed by atoms with E-state index in [4.69, 9.17) is 0 Å². The summed E-state index contributed by atoms with van der Waals surface area (Å²) in [6.07, 6.45) is 3.27. The Hall–Kier alpha value is -0.790. The molecule has 0 atom stereocenters. The SMILES string of the molecule is CC(=O)CN1CCC=C1C. The predicted molar refractivity (Wildman–Crippen MR) is 40.6 cm³/mol. The Morgan fingerprint density at radius 2 is 2.50 bits per heavy atom. The topological polar surface area (TPSA) is 20.3 Å². The molecule has 1 rings (SSSR count). The Bertz CT molecular complexity index is 172. The van der Waals surface area contributed by atoms with E-state index < -0.39 is 0 Å². The van der Waals surface area contributed by atoms with Crippen molar-refractivity contribution in [2.75, 3.05) is 13.1 Å². The highest BCUT2D eigenvalue weighted by Gasteiger charge is 2.11. The molecule has 0 unspecified atom stereocenters. The van der Waals surface area contributed by atoms with E-state index in [2.05, 4.69) is 17.9 Å². The molecule has 1 aliphatic rings. The molecule has 0 spiro atoms. The van der Waals surface area contributed by atoms with Gasteiger partial charge in [0, 0.05) is 12.2 Å². The van der Waals surface area contributed by atoms with E-state index in [1.165, 1.54) is 5.70 Å². The fourth-order valence-corrected chi connectivity index (χ4v) is 1.21. The van der Waals surface area contributed by atoms with Crippen molar-refractivity contribution < 1.29 is 4.79 Å². The van der Waals surface area contributed by atoms with Crippen LogP contribution in [-0.4, -0.2) is 23.8 Å². The van der Waals surface area contributed by atoms with E-state index in [9.17, 15) is 4.79 Å². The molecule has 0 amide bonds. The lowest BCUT2D eigenvalue weighted by Gasteiger charge is -2.17. The molecule has 2 nitrogen and oxygen atoms in total. The minimum Gasteiger partial charge on any atom is -0.368 e. The Morgan fingerprint density at radius 1 is 1.80 bits per heavy atom. The highest BCUT2D eigenvalue weighted by atomic mass is 16.1. The van der Waals surface area contributed by atoms with Gasteiger partial charge in [-0.3, -0.25) is 4.79 Å². The second-order valence-electron chi connectivity index (χ2n) is 2.76. The van der Waals surface area contributed by atoms with E-state index in [-0.39, 0.29) is 5.78 Å². The van der Waals surface area contributed by atoms with Crippen LogP contribution in [-0.2, 0) is 4.79 Å². The van der Waals surface area contributed by atoms with Crippen molar-refractivity contribution in [2.45, 2.75) is 20.3 Å². The lowest BCUT2D eigenvalue weighted by atomic mass is 10.4. The van der Waals surface area contributed by atoms with Crippen LogP contribution < -0.4 is 0 Å². The average Bonchev–Trinajstić information content (AvgIpc) is 2.15. The van der Waals surface area contributed by atoms with Crippen molar-refractivity contribution in [1.29, 1.82) is 0 Å². The van der Waals surface area contributed by atoms with Crippen molar-refractivity contribution in [3.8, 4) is 0 Å². The van der Waals surface area contributed by atoms with E-state index in [1.807, 2.05) is 0 Å². The van der Waals surface area contributed by atoms with E-state index in [0.29, 0.717) is 6.54 Å². The Labute approximate surface area is 61.5 Å². The monoisotopic (exact) mass is 139 g/mol. The van der Waals surface area contributed by atoms with Crippen LogP contribution in [0.15, 0.2) is 11.8 Å². The van der Waals surface area contributed by atoms with Gasteiger partial charge in [0.15, 0.2) is 0 Å². The van der Waals surface area contributed by atoms with Crippen LogP contribution in [0, 0.1) is 0 Å². The van der Waals surface area contributed by atoms with Gasteiger partial charge in [0.1, 0.15) is 5.78 Å². The standard InChI is InChI=1S/C8H13NO/c1-7-4-3-5-9(7)6-8(2)10/h4H,3,5-6H2,1-2H3. The summed E-state index contributed by atoms with van der Waals surface area (Å²) < 4.78 is 0. The molecule has 0 aromatic carbocycles. The van der Waals surface area contributed by atoms with Gasteiger partial charge in [-0.05, 0) is 20.3 Å². The van der Waals surface area contributed by atoms with Crippen molar-refractivity contribution in [3.63, 3.8) is 0 Å². The number of hydrogen-bond acceptors (Lipinski definition) is 2. The molecule has 0 fully saturated rings. The normalized spacial score (nSPS) is 17.4. The summed E-state index contributed by atoms with van der Waals surface area (Å²) in [6, 6.07) is 0. The van der Waals surface area contributed by atoms with Gasteiger partial charge in [-0.1, -0.05) is 6.08 Å². The third-order valence-electron chi connectivity index (χ3n) is 1.75. The van der Waals surface area contributed by atoms with Crippen molar-refractivity contribution in [1.82, 2.24) is 4.90 Å². The molecule has 56 valence electrons. The van der Waals surface area contributed by atoms with Gasteiger partial charge < -0.3 is 4.90 Å². The maximum Gasteiger partial charge on any atom is 0.149 e. The molecule has 0 aliphatic carbocycles. The van der Waals surface area contributed by atoms with Gasteiger partial charge in [-0.25, -0.2) is 0 Å². The molecular formula is C8H13NO. The molecule has 0 radical (unpaired) electrons. The third kappa shape index (κ3) is 1.59. The summed E-state index contributed by atoms with van der Waals surface area (Å²) in [4.78, 5) is 12.8. The summed E-state index contributed by atoms with van der Waals surface area (Å²) in [5, 5.41) is 0. The molecule has 0 saturated carbocycles. The molecule has 0 bridgehead atoms.